The third kappa shape index (κ3) is 3.51. The van der Waals surface area contributed by atoms with Gasteiger partial charge in [-0.3, -0.25) is 14.4 Å². The maximum atomic E-state index is 14.7. The highest BCUT2D eigenvalue weighted by Gasteiger charge is 2.70. The maximum Gasteiger partial charge on any atom is 0.238 e. The fraction of sp³-hybridized carbons (Fsp3) is 0.147. The Morgan fingerprint density at radius 2 is 1.51 bits per heavy atom. The minimum atomic E-state index is -1.42. The van der Waals surface area contributed by atoms with Gasteiger partial charge in [0, 0.05) is 23.0 Å². The van der Waals surface area contributed by atoms with Crippen LogP contribution in [0.5, 0.6) is 5.75 Å². The van der Waals surface area contributed by atoms with Crippen LogP contribution in [0.15, 0.2) is 103 Å². The molecule has 202 valence electrons. The van der Waals surface area contributed by atoms with Crippen molar-refractivity contribution in [1.82, 2.24) is 4.90 Å². The summed E-state index contributed by atoms with van der Waals surface area (Å²) in [4.78, 5) is 45.4. The third-order valence-electron chi connectivity index (χ3n) is 8.62. The van der Waals surface area contributed by atoms with Gasteiger partial charge in [-0.25, -0.2) is 4.39 Å². The van der Waals surface area contributed by atoms with Gasteiger partial charge in [0.1, 0.15) is 23.0 Å². The second-order valence-corrected chi connectivity index (χ2v) is 10.5. The fourth-order valence-electron chi connectivity index (χ4n) is 6.89. The zero-order valence-electron chi connectivity index (χ0n) is 22.1. The number of para-hydroxylation sites is 1. The number of ether oxygens (including phenoxy) is 1. The summed E-state index contributed by atoms with van der Waals surface area (Å²) >= 11 is 0. The topological polar surface area (TPSA) is 75.7 Å². The van der Waals surface area contributed by atoms with Gasteiger partial charge >= 0.3 is 0 Å². The molecule has 1 amide bonds. The van der Waals surface area contributed by atoms with E-state index in [4.69, 9.17) is 4.74 Å². The van der Waals surface area contributed by atoms with Crippen LogP contribution >= 0.6 is 0 Å². The summed E-state index contributed by atoms with van der Waals surface area (Å²) in [5, 5.41) is 3.03. The predicted octanol–water partition coefficient (Wildman–Crippen LogP) is 5.82. The number of hydrogen-bond donors (Lipinski definition) is 1. The summed E-state index contributed by atoms with van der Waals surface area (Å²) in [6.07, 6.45) is 3.72. The average Bonchev–Trinajstić information content (AvgIpc) is 3.49. The number of benzene rings is 4. The van der Waals surface area contributed by atoms with E-state index in [1.807, 2.05) is 65.7 Å². The lowest BCUT2D eigenvalue weighted by Crippen LogP contribution is -2.49. The van der Waals surface area contributed by atoms with Crippen LogP contribution in [-0.4, -0.2) is 35.5 Å². The number of hydrogen-bond acceptors (Lipinski definition) is 5. The molecule has 1 saturated heterocycles. The van der Waals surface area contributed by atoms with Gasteiger partial charge in [-0.1, -0.05) is 42.5 Å². The molecular formula is C34H25FN2O4. The van der Waals surface area contributed by atoms with E-state index in [-0.39, 0.29) is 23.0 Å². The largest absolute Gasteiger partial charge is 0.497 e. The molecule has 3 heterocycles. The van der Waals surface area contributed by atoms with Crippen molar-refractivity contribution in [3.8, 4) is 5.75 Å². The summed E-state index contributed by atoms with van der Waals surface area (Å²) < 4.78 is 19.2. The van der Waals surface area contributed by atoms with Crippen molar-refractivity contribution < 1.29 is 23.5 Å². The van der Waals surface area contributed by atoms with Crippen LogP contribution in [0.4, 0.5) is 10.1 Å². The van der Waals surface area contributed by atoms with Crippen molar-refractivity contribution in [3.05, 3.63) is 137 Å². The highest BCUT2D eigenvalue weighted by Crippen LogP contribution is 2.62. The van der Waals surface area contributed by atoms with Crippen LogP contribution in [0, 0.1) is 11.7 Å². The van der Waals surface area contributed by atoms with Crippen molar-refractivity contribution in [3.63, 3.8) is 0 Å². The predicted molar refractivity (Wildman–Crippen MR) is 152 cm³/mol. The minimum absolute atomic E-state index is 0.263. The molecule has 0 saturated carbocycles. The Bertz CT molecular complexity index is 1750. The SMILES string of the molecule is COc1ccc(C(=O)C2C(C(=O)c3ccc(F)cc3)N3C=Cc4ccccc4C3C23C(=O)Nc2ccccc23)cc1. The highest BCUT2D eigenvalue weighted by atomic mass is 19.1. The third-order valence-corrected chi connectivity index (χ3v) is 8.62. The lowest BCUT2D eigenvalue weighted by atomic mass is 9.62. The molecule has 7 heteroatoms. The zero-order chi connectivity index (χ0) is 28.3. The number of Topliss-reactive ketones (excluding diaryl/α,β-unsaturated/α-hetero) is 2. The van der Waals surface area contributed by atoms with E-state index in [2.05, 4.69) is 5.32 Å². The molecule has 0 radical (unpaired) electrons. The first-order valence-electron chi connectivity index (χ1n) is 13.4. The summed E-state index contributed by atoms with van der Waals surface area (Å²) in [5.41, 5.74) is 2.26. The molecule has 0 bridgehead atoms. The number of carbonyl (C=O) groups excluding carboxylic acids is 3. The van der Waals surface area contributed by atoms with Crippen molar-refractivity contribution in [2.45, 2.75) is 17.5 Å². The Balaban J connectivity index is 1.52. The summed E-state index contributed by atoms with van der Waals surface area (Å²) in [5.74, 6) is -2.01. The normalized spacial score (nSPS) is 23.5. The molecule has 41 heavy (non-hydrogen) atoms. The van der Waals surface area contributed by atoms with Crippen LogP contribution in [0.3, 0.4) is 0 Å². The molecule has 4 unspecified atom stereocenters. The number of carbonyl (C=O) groups is 3. The Hall–Kier alpha value is -5.04. The number of anilines is 1. The monoisotopic (exact) mass is 544 g/mol. The molecular weight excluding hydrogens is 519 g/mol. The minimum Gasteiger partial charge on any atom is -0.497 e. The van der Waals surface area contributed by atoms with E-state index < -0.39 is 29.2 Å². The van der Waals surface area contributed by atoms with Gasteiger partial charge in [0.05, 0.1) is 19.1 Å². The van der Waals surface area contributed by atoms with Crippen LogP contribution in [0.25, 0.3) is 6.08 Å². The molecule has 1 N–H and O–H groups in total. The van der Waals surface area contributed by atoms with E-state index in [0.717, 1.165) is 11.1 Å². The molecule has 1 spiro atoms. The smallest absolute Gasteiger partial charge is 0.238 e. The Morgan fingerprint density at radius 3 is 2.27 bits per heavy atom. The average molecular weight is 545 g/mol. The molecule has 4 atom stereocenters. The van der Waals surface area contributed by atoms with E-state index in [1.165, 1.54) is 24.3 Å². The fourth-order valence-corrected chi connectivity index (χ4v) is 6.89. The van der Waals surface area contributed by atoms with Gasteiger partial charge < -0.3 is 15.0 Å². The molecule has 3 aliphatic rings. The lowest BCUT2D eigenvalue weighted by molar-refractivity contribution is -0.122. The number of fused-ring (bicyclic) bond motifs is 6. The van der Waals surface area contributed by atoms with Gasteiger partial charge in [0.25, 0.3) is 0 Å². The number of nitrogens with zero attached hydrogens (tertiary/aromatic N) is 1. The number of methoxy groups -OCH3 is 1. The van der Waals surface area contributed by atoms with Crippen LogP contribution in [0.1, 0.15) is 43.4 Å². The van der Waals surface area contributed by atoms with Gasteiger partial charge in [0.2, 0.25) is 5.91 Å². The second-order valence-electron chi connectivity index (χ2n) is 10.5. The zero-order valence-corrected chi connectivity index (χ0v) is 22.1. The first-order valence-corrected chi connectivity index (χ1v) is 13.4. The standard InChI is InChI=1S/C34H25FN2O4/c1-41-24-16-12-21(13-17-24)30(38)28-29(31(39)22-10-14-23(35)15-11-22)37-19-18-20-6-2-3-7-25(20)32(37)34(28)26-8-4-5-9-27(26)36-33(34)40/h2-19,28-29,32H,1H3,(H,36,40). The molecule has 3 aliphatic heterocycles. The van der Waals surface area contributed by atoms with E-state index in [0.29, 0.717) is 22.6 Å². The van der Waals surface area contributed by atoms with Crippen LogP contribution in [0.2, 0.25) is 0 Å². The molecule has 4 aromatic carbocycles. The first-order chi connectivity index (χ1) is 19.9. The Labute approximate surface area is 236 Å². The van der Waals surface area contributed by atoms with Gasteiger partial charge in [-0.15, -0.1) is 0 Å². The molecule has 7 rings (SSSR count). The van der Waals surface area contributed by atoms with E-state index in [9.17, 15) is 18.8 Å². The summed E-state index contributed by atoms with van der Waals surface area (Å²) in [6, 6.07) is 25.4. The highest BCUT2D eigenvalue weighted by molar-refractivity contribution is 6.16. The van der Waals surface area contributed by atoms with Crippen molar-refractivity contribution >= 4 is 29.2 Å². The molecule has 4 aromatic rings. The van der Waals surface area contributed by atoms with Crippen molar-refractivity contribution in [2.75, 3.05) is 12.4 Å². The summed E-state index contributed by atoms with van der Waals surface area (Å²) in [6.45, 7) is 0. The Kier molecular flexibility index (Phi) is 5.64. The number of ketones is 2. The molecule has 0 aliphatic carbocycles. The van der Waals surface area contributed by atoms with Crippen molar-refractivity contribution in [2.24, 2.45) is 5.92 Å². The van der Waals surface area contributed by atoms with Crippen molar-refractivity contribution in [1.29, 1.82) is 0 Å². The van der Waals surface area contributed by atoms with Gasteiger partial charge in [-0.2, -0.15) is 0 Å². The molecule has 6 nitrogen and oxygen atoms in total. The van der Waals surface area contributed by atoms with Crippen LogP contribution in [-0.2, 0) is 10.2 Å². The second kappa shape index (κ2) is 9.27. The quantitative estimate of drug-likeness (QED) is 0.321. The van der Waals surface area contributed by atoms with Gasteiger partial charge in [0.15, 0.2) is 11.6 Å². The number of rotatable bonds is 5. The Morgan fingerprint density at radius 1 is 0.854 bits per heavy atom. The summed E-state index contributed by atoms with van der Waals surface area (Å²) in [7, 11) is 1.54. The van der Waals surface area contributed by atoms with E-state index >= 15 is 0 Å². The number of amides is 1. The molecule has 1 fully saturated rings. The van der Waals surface area contributed by atoms with E-state index in [1.54, 1.807) is 31.4 Å². The lowest BCUT2D eigenvalue weighted by Gasteiger charge is -2.38. The number of halogens is 1. The maximum absolute atomic E-state index is 14.7. The first kappa shape index (κ1) is 25.0. The van der Waals surface area contributed by atoms with Gasteiger partial charge in [-0.05, 0) is 77.4 Å². The number of nitrogens with one attached hydrogen (secondary N) is 1. The molecule has 0 aromatic heterocycles. The van der Waals surface area contributed by atoms with Crippen LogP contribution < -0.4 is 10.1 Å².